The van der Waals surface area contributed by atoms with Gasteiger partial charge in [-0.1, -0.05) is 6.07 Å². The summed E-state index contributed by atoms with van der Waals surface area (Å²) in [5.74, 6) is -0.962. The first-order valence-electron chi connectivity index (χ1n) is 7.76. The normalized spacial score (nSPS) is 18.3. The maximum Gasteiger partial charge on any atom is 0.406 e. The molecule has 0 radical (unpaired) electrons. The maximum absolute atomic E-state index is 12.9. The Balaban J connectivity index is 2.32. The fraction of sp³-hybridized carbons (Fsp3) is 0.529. The number of carbonyl (C=O) groups excluding carboxylic acids is 2. The predicted molar refractivity (Wildman–Crippen MR) is 82.1 cm³/mol. The van der Waals surface area contributed by atoms with Gasteiger partial charge in [0.2, 0.25) is 0 Å². The molecule has 0 bridgehead atoms. The SMILES string of the molecule is CC(=O)c1cc(C(=O)N(CC(F)(F)F)C2CCCOC2)ccc1C. The maximum atomic E-state index is 12.9. The number of hydrogen-bond donors (Lipinski definition) is 0. The lowest BCUT2D eigenvalue weighted by molar-refractivity contribution is -0.148. The number of alkyl halides is 3. The van der Waals surface area contributed by atoms with Gasteiger partial charge >= 0.3 is 6.18 Å². The van der Waals surface area contributed by atoms with Gasteiger partial charge in [-0.15, -0.1) is 0 Å². The molecule has 1 unspecified atom stereocenters. The summed E-state index contributed by atoms with van der Waals surface area (Å²) >= 11 is 0. The van der Waals surface area contributed by atoms with Crippen molar-refractivity contribution in [1.82, 2.24) is 4.90 Å². The standard InChI is InChI=1S/C17H20F3NO3/c1-11-5-6-13(8-15(11)12(2)22)16(23)21(10-17(18,19)20)14-4-3-7-24-9-14/h5-6,8,14H,3-4,7,9-10H2,1-2H3. The Morgan fingerprint density at radius 3 is 2.58 bits per heavy atom. The third-order valence-electron chi connectivity index (χ3n) is 4.05. The molecule has 4 nitrogen and oxygen atoms in total. The Bertz CT molecular complexity index is 622. The third-order valence-corrected chi connectivity index (χ3v) is 4.05. The number of Topliss-reactive ketones (excluding diaryl/α,β-unsaturated/α-hetero) is 1. The van der Waals surface area contributed by atoms with Gasteiger partial charge < -0.3 is 9.64 Å². The van der Waals surface area contributed by atoms with E-state index in [4.69, 9.17) is 4.74 Å². The average molecular weight is 343 g/mol. The molecule has 0 aromatic heterocycles. The van der Waals surface area contributed by atoms with Crippen molar-refractivity contribution in [2.45, 2.75) is 38.9 Å². The number of hydrogen-bond acceptors (Lipinski definition) is 3. The minimum atomic E-state index is -4.50. The summed E-state index contributed by atoms with van der Waals surface area (Å²) in [6, 6.07) is 3.78. The molecule has 0 aliphatic carbocycles. The Kier molecular flexibility index (Phi) is 5.64. The molecule has 1 aliphatic heterocycles. The van der Waals surface area contributed by atoms with E-state index in [1.54, 1.807) is 13.0 Å². The van der Waals surface area contributed by atoms with Crippen molar-refractivity contribution in [1.29, 1.82) is 0 Å². The van der Waals surface area contributed by atoms with Gasteiger partial charge in [0.05, 0.1) is 12.6 Å². The molecule has 0 spiro atoms. The molecule has 2 rings (SSSR count). The van der Waals surface area contributed by atoms with Gasteiger partial charge in [-0.2, -0.15) is 13.2 Å². The summed E-state index contributed by atoms with van der Waals surface area (Å²) in [7, 11) is 0. The number of benzene rings is 1. The molecule has 1 aromatic rings. The van der Waals surface area contributed by atoms with Crippen molar-refractivity contribution in [3.63, 3.8) is 0 Å². The molecule has 132 valence electrons. The van der Waals surface area contributed by atoms with Crippen LogP contribution in [-0.4, -0.2) is 48.6 Å². The van der Waals surface area contributed by atoms with Crippen LogP contribution in [0.15, 0.2) is 18.2 Å². The van der Waals surface area contributed by atoms with Gasteiger partial charge in [-0.05, 0) is 44.4 Å². The van der Waals surface area contributed by atoms with E-state index in [-0.39, 0.29) is 18.0 Å². The molecule has 1 amide bonds. The molecule has 1 aromatic carbocycles. The van der Waals surface area contributed by atoms with Crippen molar-refractivity contribution in [3.05, 3.63) is 34.9 Å². The van der Waals surface area contributed by atoms with Crippen molar-refractivity contribution >= 4 is 11.7 Å². The zero-order valence-electron chi connectivity index (χ0n) is 13.7. The van der Waals surface area contributed by atoms with Crippen LogP contribution in [0, 0.1) is 6.92 Å². The highest BCUT2D eigenvalue weighted by Crippen LogP contribution is 2.24. The highest BCUT2D eigenvalue weighted by molar-refractivity contribution is 6.00. The second-order valence-electron chi connectivity index (χ2n) is 6.01. The number of ether oxygens (including phenoxy) is 1. The number of carbonyl (C=O) groups is 2. The topological polar surface area (TPSA) is 46.6 Å². The summed E-state index contributed by atoms with van der Waals surface area (Å²) in [6.07, 6.45) is -3.42. The monoisotopic (exact) mass is 343 g/mol. The molecule has 1 aliphatic rings. The molecule has 1 saturated heterocycles. The quantitative estimate of drug-likeness (QED) is 0.788. The van der Waals surface area contributed by atoms with Crippen LogP contribution in [0.2, 0.25) is 0 Å². The molecular weight excluding hydrogens is 323 g/mol. The van der Waals surface area contributed by atoms with Gasteiger partial charge in [0, 0.05) is 17.7 Å². The Labute approximate surface area is 138 Å². The van der Waals surface area contributed by atoms with Crippen LogP contribution in [0.1, 0.15) is 46.0 Å². The predicted octanol–water partition coefficient (Wildman–Crippen LogP) is 3.38. The third kappa shape index (κ3) is 4.56. The van der Waals surface area contributed by atoms with E-state index >= 15 is 0 Å². The highest BCUT2D eigenvalue weighted by atomic mass is 19.4. The average Bonchev–Trinajstić information content (AvgIpc) is 2.52. The number of rotatable bonds is 4. The summed E-state index contributed by atoms with van der Waals surface area (Å²) in [5, 5.41) is 0. The smallest absolute Gasteiger partial charge is 0.379 e. The minimum Gasteiger partial charge on any atom is -0.379 e. The summed E-state index contributed by atoms with van der Waals surface area (Å²) in [6.45, 7) is 2.33. The second-order valence-corrected chi connectivity index (χ2v) is 6.01. The Morgan fingerprint density at radius 1 is 1.33 bits per heavy atom. The van der Waals surface area contributed by atoms with Gasteiger partial charge in [-0.25, -0.2) is 0 Å². The van der Waals surface area contributed by atoms with E-state index in [0.29, 0.717) is 30.6 Å². The molecule has 0 saturated carbocycles. The van der Waals surface area contributed by atoms with Crippen LogP contribution in [-0.2, 0) is 4.74 Å². The largest absolute Gasteiger partial charge is 0.406 e. The van der Waals surface area contributed by atoms with E-state index in [1.165, 1.54) is 19.1 Å². The molecule has 1 fully saturated rings. The first-order chi connectivity index (χ1) is 11.2. The Hall–Kier alpha value is -1.89. The van der Waals surface area contributed by atoms with Crippen molar-refractivity contribution in [2.75, 3.05) is 19.8 Å². The summed E-state index contributed by atoms with van der Waals surface area (Å²) in [5.41, 5.74) is 1.11. The van der Waals surface area contributed by atoms with Gasteiger partial charge in [0.1, 0.15) is 6.54 Å². The molecule has 0 N–H and O–H groups in total. The first-order valence-corrected chi connectivity index (χ1v) is 7.76. The van der Waals surface area contributed by atoms with Crippen LogP contribution >= 0.6 is 0 Å². The molecule has 1 heterocycles. The van der Waals surface area contributed by atoms with Crippen molar-refractivity contribution in [2.24, 2.45) is 0 Å². The number of amides is 1. The fourth-order valence-corrected chi connectivity index (χ4v) is 2.83. The number of halogens is 3. The summed E-state index contributed by atoms with van der Waals surface area (Å²) < 4.78 is 44.0. The number of nitrogens with zero attached hydrogens (tertiary/aromatic N) is 1. The lowest BCUT2D eigenvalue weighted by Crippen LogP contribution is -2.49. The summed E-state index contributed by atoms with van der Waals surface area (Å²) in [4.78, 5) is 25.1. The molecule has 24 heavy (non-hydrogen) atoms. The van der Waals surface area contributed by atoms with Crippen LogP contribution in [0.5, 0.6) is 0 Å². The molecular formula is C17H20F3NO3. The minimum absolute atomic E-state index is 0.0839. The van der Waals surface area contributed by atoms with Crippen LogP contribution in [0.25, 0.3) is 0 Å². The number of aryl methyl sites for hydroxylation is 1. The van der Waals surface area contributed by atoms with Crippen LogP contribution < -0.4 is 0 Å². The second kappa shape index (κ2) is 7.34. The van der Waals surface area contributed by atoms with E-state index in [2.05, 4.69) is 0 Å². The van der Waals surface area contributed by atoms with Crippen LogP contribution in [0.3, 0.4) is 0 Å². The molecule has 7 heteroatoms. The lowest BCUT2D eigenvalue weighted by Gasteiger charge is -2.34. The van der Waals surface area contributed by atoms with Gasteiger partial charge in [-0.3, -0.25) is 9.59 Å². The zero-order chi connectivity index (χ0) is 17.9. The van der Waals surface area contributed by atoms with E-state index in [1.807, 2.05) is 0 Å². The van der Waals surface area contributed by atoms with Gasteiger partial charge in [0.15, 0.2) is 5.78 Å². The number of ketones is 1. The first kappa shape index (κ1) is 18.4. The highest BCUT2D eigenvalue weighted by Gasteiger charge is 2.37. The molecule has 1 atom stereocenters. The van der Waals surface area contributed by atoms with E-state index in [9.17, 15) is 22.8 Å². The Morgan fingerprint density at radius 2 is 2.04 bits per heavy atom. The van der Waals surface area contributed by atoms with Crippen LogP contribution in [0.4, 0.5) is 13.2 Å². The van der Waals surface area contributed by atoms with Crippen molar-refractivity contribution in [3.8, 4) is 0 Å². The van der Waals surface area contributed by atoms with E-state index in [0.717, 1.165) is 4.90 Å². The van der Waals surface area contributed by atoms with E-state index < -0.39 is 24.7 Å². The lowest BCUT2D eigenvalue weighted by atomic mass is 10.0. The fourth-order valence-electron chi connectivity index (χ4n) is 2.83. The van der Waals surface area contributed by atoms with Gasteiger partial charge in [0.25, 0.3) is 5.91 Å². The van der Waals surface area contributed by atoms with Crippen molar-refractivity contribution < 1.29 is 27.5 Å². The zero-order valence-corrected chi connectivity index (χ0v) is 13.7.